The van der Waals surface area contributed by atoms with Gasteiger partial charge >= 0.3 is 0 Å². The van der Waals surface area contributed by atoms with E-state index in [1.807, 2.05) is 36.4 Å². The minimum atomic E-state index is 0.514. The summed E-state index contributed by atoms with van der Waals surface area (Å²) in [6.45, 7) is 0.660. The third-order valence-electron chi connectivity index (χ3n) is 4.11. The maximum absolute atomic E-state index is 9.19. The number of ether oxygens (including phenoxy) is 2. The van der Waals surface area contributed by atoms with Crippen molar-refractivity contribution in [1.82, 2.24) is 9.97 Å². The molecule has 1 heterocycles. The molecular weight excluding hydrogens is 354 g/mol. The van der Waals surface area contributed by atoms with Crippen LogP contribution in [0, 0.1) is 11.3 Å². The van der Waals surface area contributed by atoms with Crippen LogP contribution in [-0.2, 0) is 6.42 Å². The predicted octanol–water partition coefficient (Wildman–Crippen LogP) is 3.76. The number of methoxy groups -OCH3 is 2. The van der Waals surface area contributed by atoms with Gasteiger partial charge in [0.25, 0.3) is 0 Å². The van der Waals surface area contributed by atoms with Gasteiger partial charge in [0.1, 0.15) is 11.9 Å². The molecular formula is C21H21N5O2. The molecule has 7 heteroatoms. The van der Waals surface area contributed by atoms with Crippen LogP contribution < -0.4 is 20.1 Å². The molecule has 2 aromatic carbocycles. The molecule has 0 aliphatic rings. The first-order valence-electron chi connectivity index (χ1n) is 8.77. The van der Waals surface area contributed by atoms with Gasteiger partial charge in [-0.15, -0.1) is 0 Å². The van der Waals surface area contributed by atoms with Crippen LogP contribution >= 0.6 is 0 Å². The van der Waals surface area contributed by atoms with Crippen LogP contribution in [0.5, 0.6) is 11.5 Å². The molecule has 0 unspecified atom stereocenters. The highest BCUT2D eigenvalue weighted by atomic mass is 16.5. The molecule has 0 amide bonds. The Morgan fingerprint density at radius 3 is 2.64 bits per heavy atom. The van der Waals surface area contributed by atoms with Crippen molar-refractivity contribution in [2.45, 2.75) is 6.42 Å². The average Bonchev–Trinajstić information content (AvgIpc) is 2.74. The Morgan fingerprint density at radius 2 is 1.86 bits per heavy atom. The second-order valence-corrected chi connectivity index (χ2v) is 5.91. The highest BCUT2D eigenvalue weighted by Crippen LogP contribution is 2.27. The molecule has 0 aliphatic heterocycles. The summed E-state index contributed by atoms with van der Waals surface area (Å²) in [6, 6.07) is 17.1. The minimum Gasteiger partial charge on any atom is -0.493 e. The zero-order chi connectivity index (χ0) is 19.8. The molecule has 0 saturated heterocycles. The lowest BCUT2D eigenvalue weighted by molar-refractivity contribution is 0.354. The van der Waals surface area contributed by atoms with Gasteiger partial charge < -0.3 is 20.1 Å². The van der Waals surface area contributed by atoms with Gasteiger partial charge in [0.2, 0.25) is 5.95 Å². The van der Waals surface area contributed by atoms with E-state index in [1.54, 1.807) is 32.5 Å². The minimum absolute atomic E-state index is 0.514. The summed E-state index contributed by atoms with van der Waals surface area (Å²) < 4.78 is 10.6. The number of aromatic nitrogens is 2. The molecule has 0 spiro atoms. The van der Waals surface area contributed by atoms with Gasteiger partial charge in [0.05, 0.1) is 25.5 Å². The predicted molar refractivity (Wildman–Crippen MR) is 108 cm³/mol. The molecule has 142 valence electrons. The van der Waals surface area contributed by atoms with Gasteiger partial charge in [-0.05, 0) is 42.3 Å². The number of benzene rings is 2. The van der Waals surface area contributed by atoms with Crippen molar-refractivity contribution in [3.05, 3.63) is 65.9 Å². The van der Waals surface area contributed by atoms with Crippen LogP contribution in [0.1, 0.15) is 11.1 Å². The van der Waals surface area contributed by atoms with Crippen molar-refractivity contribution in [2.24, 2.45) is 0 Å². The van der Waals surface area contributed by atoms with E-state index in [4.69, 9.17) is 9.47 Å². The van der Waals surface area contributed by atoms with Crippen LogP contribution in [0.3, 0.4) is 0 Å². The van der Waals surface area contributed by atoms with Crippen LogP contribution in [0.2, 0.25) is 0 Å². The molecule has 2 N–H and O–H groups in total. The van der Waals surface area contributed by atoms with Crippen molar-refractivity contribution in [3.63, 3.8) is 0 Å². The van der Waals surface area contributed by atoms with Crippen molar-refractivity contribution in [1.29, 1.82) is 5.26 Å². The van der Waals surface area contributed by atoms with Gasteiger partial charge in [-0.25, -0.2) is 4.98 Å². The topological polar surface area (TPSA) is 92.1 Å². The lowest BCUT2D eigenvalue weighted by atomic mass is 10.1. The van der Waals surface area contributed by atoms with E-state index in [9.17, 15) is 5.26 Å². The first kappa shape index (κ1) is 19.0. The van der Waals surface area contributed by atoms with Gasteiger partial charge in [0, 0.05) is 12.7 Å². The summed E-state index contributed by atoms with van der Waals surface area (Å²) in [5, 5.41) is 15.6. The molecule has 3 aromatic rings. The standard InChI is InChI=1S/C21H21N5O2/c1-27-18-8-7-15(13-19(18)28-2)9-11-23-21-24-12-10-20(26-21)25-17-6-4-3-5-16(17)14-22/h3-8,10,12-13H,9,11H2,1-2H3,(H2,23,24,25,26). The number of rotatable bonds is 8. The molecule has 1 aromatic heterocycles. The fourth-order valence-electron chi connectivity index (χ4n) is 2.70. The van der Waals surface area contributed by atoms with Gasteiger partial charge in [-0.2, -0.15) is 10.2 Å². The second-order valence-electron chi connectivity index (χ2n) is 5.91. The second kappa shape index (κ2) is 9.24. The summed E-state index contributed by atoms with van der Waals surface area (Å²) in [5.41, 5.74) is 2.38. The maximum Gasteiger partial charge on any atom is 0.224 e. The summed E-state index contributed by atoms with van der Waals surface area (Å²) in [5.74, 6) is 2.55. The van der Waals surface area contributed by atoms with E-state index in [1.165, 1.54) is 0 Å². The van der Waals surface area contributed by atoms with E-state index in [-0.39, 0.29) is 0 Å². The van der Waals surface area contributed by atoms with E-state index < -0.39 is 0 Å². The number of anilines is 3. The van der Waals surface area contributed by atoms with Crippen LogP contribution in [0.4, 0.5) is 17.5 Å². The zero-order valence-corrected chi connectivity index (χ0v) is 15.8. The van der Waals surface area contributed by atoms with Crippen LogP contribution in [0.15, 0.2) is 54.7 Å². The summed E-state index contributed by atoms with van der Waals surface area (Å²) in [7, 11) is 3.24. The Balaban J connectivity index is 1.61. The van der Waals surface area contributed by atoms with Crippen LogP contribution in [-0.4, -0.2) is 30.7 Å². The first-order chi connectivity index (χ1) is 13.7. The Morgan fingerprint density at radius 1 is 1.04 bits per heavy atom. The fourth-order valence-corrected chi connectivity index (χ4v) is 2.70. The first-order valence-corrected chi connectivity index (χ1v) is 8.77. The summed E-state index contributed by atoms with van der Waals surface area (Å²) in [4.78, 5) is 8.69. The number of hydrogen-bond acceptors (Lipinski definition) is 7. The van der Waals surface area contributed by atoms with E-state index >= 15 is 0 Å². The lowest BCUT2D eigenvalue weighted by Crippen LogP contribution is -2.09. The number of para-hydroxylation sites is 1. The average molecular weight is 375 g/mol. The smallest absolute Gasteiger partial charge is 0.224 e. The van der Waals surface area contributed by atoms with E-state index in [0.717, 1.165) is 12.0 Å². The van der Waals surface area contributed by atoms with Crippen molar-refractivity contribution < 1.29 is 9.47 Å². The Hall–Kier alpha value is -3.79. The quantitative estimate of drug-likeness (QED) is 0.619. The largest absolute Gasteiger partial charge is 0.493 e. The normalized spacial score (nSPS) is 10.0. The van der Waals surface area contributed by atoms with E-state index in [0.29, 0.717) is 41.1 Å². The number of nitriles is 1. The van der Waals surface area contributed by atoms with Crippen molar-refractivity contribution in [2.75, 3.05) is 31.4 Å². The van der Waals surface area contributed by atoms with Crippen molar-refractivity contribution in [3.8, 4) is 17.6 Å². The van der Waals surface area contributed by atoms with Gasteiger partial charge in [0.15, 0.2) is 11.5 Å². The maximum atomic E-state index is 9.19. The fraction of sp³-hybridized carbons (Fsp3) is 0.190. The highest BCUT2D eigenvalue weighted by Gasteiger charge is 2.06. The number of nitrogens with one attached hydrogen (secondary N) is 2. The van der Waals surface area contributed by atoms with E-state index in [2.05, 4.69) is 26.7 Å². The zero-order valence-electron chi connectivity index (χ0n) is 15.8. The Kier molecular flexibility index (Phi) is 6.26. The Bertz CT molecular complexity index is 985. The molecule has 7 nitrogen and oxygen atoms in total. The SMILES string of the molecule is COc1ccc(CCNc2nccc(Nc3ccccc3C#N)n2)cc1OC. The third kappa shape index (κ3) is 4.68. The summed E-state index contributed by atoms with van der Waals surface area (Å²) in [6.07, 6.45) is 2.45. The highest BCUT2D eigenvalue weighted by molar-refractivity contribution is 5.64. The number of hydrogen-bond donors (Lipinski definition) is 2. The Labute approximate surface area is 164 Å². The molecule has 0 radical (unpaired) electrons. The lowest BCUT2D eigenvalue weighted by Gasteiger charge is -2.11. The van der Waals surface area contributed by atoms with Gasteiger partial charge in [-0.3, -0.25) is 0 Å². The van der Waals surface area contributed by atoms with Crippen LogP contribution in [0.25, 0.3) is 0 Å². The molecule has 0 saturated carbocycles. The van der Waals surface area contributed by atoms with Crippen molar-refractivity contribution >= 4 is 17.5 Å². The molecule has 0 bridgehead atoms. The van der Waals surface area contributed by atoms with Gasteiger partial charge in [-0.1, -0.05) is 18.2 Å². The molecule has 3 rings (SSSR count). The third-order valence-corrected chi connectivity index (χ3v) is 4.11. The monoisotopic (exact) mass is 375 g/mol. The number of nitrogens with zero attached hydrogens (tertiary/aromatic N) is 3. The molecule has 28 heavy (non-hydrogen) atoms. The molecule has 0 aliphatic carbocycles. The summed E-state index contributed by atoms with van der Waals surface area (Å²) >= 11 is 0. The molecule has 0 fully saturated rings. The molecule has 0 atom stereocenters.